The Morgan fingerprint density at radius 3 is 2.62 bits per heavy atom. The Labute approximate surface area is 144 Å². The van der Waals surface area contributed by atoms with Gasteiger partial charge in [0.25, 0.3) is 11.6 Å². The summed E-state index contributed by atoms with van der Waals surface area (Å²) in [6.07, 6.45) is 2.22. The number of carbonyl (C=O) groups is 1. The molecule has 0 radical (unpaired) electrons. The smallest absolute Gasteiger partial charge is 0.270 e. The van der Waals surface area contributed by atoms with Crippen molar-refractivity contribution in [2.45, 2.75) is 12.8 Å². The van der Waals surface area contributed by atoms with E-state index >= 15 is 0 Å². The van der Waals surface area contributed by atoms with Crippen molar-refractivity contribution in [2.75, 3.05) is 23.3 Å². The number of hydrogen-bond acceptors (Lipinski definition) is 4. The number of hydrogen-bond donors (Lipinski definition) is 1. The van der Waals surface area contributed by atoms with E-state index in [1.54, 1.807) is 18.2 Å². The van der Waals surface area contributed by atoms with Crippen molar-refractivity contribution in [3.8, 4) is 0 Å². The van der Waals surface area contributed by atoms with Gasteiger partial charge in [0.15, 0.2) is 0 Å². The summed E-state index contributed by atoms with van der Waals surface area (Å²) in [5.74, 6) is -0.401. The summed E-state index contributed by atoms with van der Waals surface area (Å²) >= 11 is 6.06. The number of amides is 1. The van der Waals surface area contributed by atoms with Gasteiger partial charge in [-0.25, -0.2) is 0 Å². The lowest BCUT2D eigenvalue weighted by molar-refractivity contribution is -0.384. The van der Waals surface area contributed by atoms with Crippen LogP contribution in [-0.2, 0) is 0 Å². The molecule has 7 heteroatoms. The minimum Gasteiger partial charge on any atom is -0.370 e. The number of anilines is 2. The van der Waals surface area contributed by atoms with Crippen molar-refractivity contribution in [2.24, 2.45) is 0 Å². The molecule has 0 bridgehead atoms. The molecule has 0 aromatic heterocycles. The van der Waals surface area contributed by atoms with E-state index in [4.69, 9.17) is 11.6 Å². The fourth-order valence-corrected chi connectivity index (χ4v) is 2.97. The Morgan fingerprint density at radius 1 is 1.17 bits per heavy atom. The fraction of sp³-hybridized carbons (Fsp3) is 0.235. The Hall–Kier alpha value is -2.60. The van der Waals surface area contributed by atoms with Crippen LogP contribution in [0.4, 0.5) is 17.1 Å². The Kier molecular flexibility index (Phi) is 4.66. The van der Waals surface area contributed by atoms with Gasteiger partial charge in [-0.1, -0.05) is 17.7 Å². The van der Waals surface area contributed by atoms with E-state index in [1.165, 1.54) is 18.2 Å². The van der Waals surface area contributed by atoms with Crippen LogP contribution in [0.25, 0.3) is 0 Å². The van der Waals surface area contributed by atoms with Crippen molar-refractivity contribution in [3.63, 3.8) is 0 Å². The highest BCUT2D eigenvalue weighted by Gasteiger charge is 2.18. The highest BCUT2D eigenvalue weighted by atomic mass is 35.5. The van der Waals surface area contributed by atoms with Gasteiger partial charge >= 0.3 is 0 Å². The lowest BCUT2D eigenvalue weighted by Crippen LogP contribution is -2.21. The van der Waals surface area contributed by atoms with Crippen LogP contribution in [0, 0.1) is 10.1 Å². The predicted molar refractivity (Wildman–Crippen MR) is 93.9 cm³/mol. The number of nitrogens with zero attached hydrogens (tertiary/aromatic N) is 2. The molecule has 2 aromatic rings. The number of nitro groups is 1. The van der Waals surface area contributed by atoms with E-state index in [2.05, 4.69) is 10.2 Å². The summed E-state index contributed by atoms with van der Waals surface area (Å²) in [5, 5.41) is 14.2. The summed E-state index contributed by atoms with van der Waals surface area (Å²) in [6.45, 7) is 1.86. The maximum Gasteiger partial charge on any atom is 0.270 e. The summed E-state index contributed by atoms with van der Waals surface area (Å²) in [4.78, 5) is 25.0. The molecule has 124 valence electrons. The van der Waals surface area contributed by atoms with Crippen molar-refractivity contribution in [1.29, 1.82) is 0 Å². The molecule has 0 aliphatic carbocycles. The van der Waals surface area contributed by atoms with Gasteiger partial charge in [-0.3, -0.25) is 14.9 Å². The van der Waals surface area contributed by atoms with E-state index in [0.29, 0.717) is 10.7 Å². The molecule has 0 unspecified atom stereocenters. The van der Waals surface area contributed by atoms with Crippen molar-refractivity contribution in [3.05, 3.63) is 63.2 Å². The normalized spacial score (nSPS) is 13.8. The minimum absolute atomic E-state index is 0.117. The molecule has 0 saturated carbocycles. The van der Waals surface area contributed by atoms with Gasteiger partial charge in [-0.2, -0.15) is 0 Å². The average molecular weight is 346 g/mol. The third-order valence-corrected chi connectivity index (χ3v) is 4.21. The second kappa shape index (κ2) is 6.88. The third-order valence-electron chi connectivity index (χ3n) is 3.97. The number of non-ortho nitro benzene ring substituents is 1. The molecule has 1 amide bonds. The van der Waals surface area contributed by atoms with Crippen molar-refractivity contribution < 1.29 is 9.72 Å². The number of benzene rings is 2. The van der Waals surface area contributed by atoms with Crippen LogP contribution in [-0.4, -0.2) is 23.9 Å². The monoisotopic (exact) mass is 345 g/mol. The maximum absolute atomic E-state index is 12.5. The highest BCUT2D eigenvalue weighted by molar-refractivity contribution is 6.31. The zero-order valence-corrected chi connectivity index (χ0v) is 13.6. The van der Waals surface area contributed by atoms with Crippen LogP contribution >= 0.6 is 11.6 Å². The molecule has 1 fully saturated rings. The predicted octanol–water partition coefficient (Wildman–Crippen LogP) is 4.10. The SMILES string of the molecule is O=C(Nc1cc(Cl)ccc1N1CCCC1)c1cccc([N+](=O)[O-])c1. The number of rotatable bonds is 4. The summed E-state index contributed by atoms with van der Waals surface area (Å²) < 4.78 is 0. The third kappa shape index (κ3) is 3.49. The topological polar surface area (TPSA) is 75.5 Å². The van der Waals surface area contributed by atoms with E-state index < -0.39 is 10.8 Å². The van der Waals surface area contributed by atoms with Crippen LogP contribution in [0.3, 0.4) is 0 Å². The highest BCUT2D eigenvalue weighted by Crippen LogP contribution is 2.32. The van der Waals surface area contributed by atoms with Gasteiger partial charge in [0.05, 0.1) is 16.3 Å². The Morgan fingerprint density at radius 2 is 1.92 bits per heavy atom. The van der Waals surface area contributed by atoms with Gasteiger partial charge < -0.3 is 10.2 Å². The zero-order chi connectivity index (χ0) is 17.1. The first-order valence-electron chi connectivity index (χ1n) is 7.65. The molecule has 3 rings (SSSR count). The zero-order valence-electron chi connectivity index (χ0n) is 12.9. The van der Waals surface area contributed by atoms with E-state index in [1.807, 2.05) is 6.07 Å². The van der Waals surface area contributed by atoms with E-state index in [9.17, 15) is 14.9 Å². The fourth-order valence-electron chi connectivity index (χ4n) is 2.80. The summed E-state index contributed by atoms with van der Waals surface area (Å²) in [7, 11) is 0. The van der Waals surface area contributed by atoms with Gasteiger partial charge in [-0.15, -0.1) is 0 Å². The molecule has 0 spiro atoms. The second-order valence-electron chi connectivity index (χ2n) is 5.62. The van der Waals surface area contributed by atoms with Crippen molar-refractivity contribution >= 4 is 34.6 Å². The standard InChI is InChI=1S/C17H16ClN3O3/c18-13-6-7-16(20-8-1-2-9-20)15(11-13)19-17(22)12-4-3-5-14(10-12)21(23)24/h3-7,10-11H,1-2,8-9H2,(H,19,22). The number of nitrogens with one attached hydrogen (secondary N) is 1. The molecule has 6 nitrogen and oxygen atoms in total. The van der Waals surface area contributed by atoms with E-state index in [0.717, 1.165) is 31.6 Å². The molecule has 1 N–H and O–H groups in total. The largest absolute Gasteiger partial charge is 0.370 e. The lowest BCUT2D eigenvalue weighted by atomic mass is 10.1. The van der Waals surface area contributed by atoms with Crippen LogP contribution < -0.4 is 10.2 Å². The first kappa shape index (κ1) is 16.3. The molecule has 24 heavy (non-hydrogen) atoms. The first-order chi connectivity index (χ1) is 11.5. The lowest BCUT2D eigenvalue weighted by Gasteiger charge is -2.21. The molecule has 2 aromatic carbocycles. The summed E-state index contributed by atoms with van der Waals surface area (Å²) in [6, 6.07) is 11.0. The minimum atomic E-state index is -0.522. The van der Waals surface area contributed by atoms with Crippen LogP contribution in [0.15, 0.2) is 42.5 Å². The van der Waals surface area contributed by atoms with Gasteiger partial charge in [-0.05, 0) is 37.1 Å². The average Bonchev–Trinajstić information content (AvgIpc) is 3.09. The number of halogens is 1. The van der Waals surface area contributed by atoms with E-state index in [-0.39, 0.29) is 11.3 Å². The van der Waals surface area contributed by atoms with Gasteiger partial charge in [0.1, 0.15) is 0 Å². The molecule has 1 saturated heterocycles. The molecular formula is C17H16ClN3O3. The second-order valence-corrected chi connectivity index (χ2v) is 6.05. The first-order valence-corrected chi connectivity index (χ1v) is 8.03. The molecule has 1 aliphatic rings. The Bertz CT molecular complexity index is 788. The molecule has 0 atom stereocenters. The van der Waals surface area contributed by atoms with Gasteiger partial charge in [0.2, 0.25) is 0 Å². The van der Waals surface area contributed by atoms with Crippen LogP contribution in [0.1, 0.15) is 23.2 Å². The van der Waals surface area contributed by atoms with Crippen molar-refractivity contribution in [1.82, 2.24) is 0 Å². The molecule has 1 aliphatic heterocycles. The quantitative estimate of drug-likeness (QED) is 0.668. The maximum atomic E-state index is 12.5. The molecule has 1 heterocycles. The Balaban J connectivity index is 1.87. The number of carbonyl (C=O) groups excluding carboxylic acids is 1. The molecular weight excluding hydrogens is 330 g/mol. The summed E-state index contributed by atoms with van der Waals surface area (Å²) in [5.41, 5.74) is 1.64. The van der Waals surface area contributed by atoms with Crippen LogP contribution in [0.2, 0.25) is 5.02 Å². The van der Waals surface area contributed by atoms with Crippen LogP contribution in [0.5, 0.6) is 0 Å². The van der Waals surface area contributed by atoms with Gasteiger partial charge in [0, 0.05) is 35.8 Å². The number of nitro benzene ring substituents is 1.